The van der Waals surface area contributed by atoms with Crippen LogP contribution in [0.25, 0.3) is 0 Å². The predicted octanol–water partition coefficient (Wildman–Crippen LogP) is 3.22. The fourth-order valence-corrected chi connectivity index (χ4v) is 3.79. The highest BCUT2D eigenvalue weighted by atomic mass is 14.9. The van der Waals surface area contributed by atoms with Crippen LogP contribution in [0.15, 0.2) is 0 Å². The molecule has 104 valence electrons. The molecule has 1 aliphatic heterocycles. The van der Waals surface area contributed by atoms with Crippen LogP contribution in [-0.2, 0) is 0 Å². The molecule has 0 aromatic carbocycles. The number of aromatic nitrogens is 2. The SMILES string of the molecule is Cc1nc(C2CCCCC2)nc(C)c1C1CCNC1. The quantitative estimate of drug-likeness (QED) is 0.886. The lowest BCUT2D eigenvalue weighted by Crippen LogP contribution is -2.15. The lowest BCUT2D eigenvalue weighted by molar-refractivity contribution is 0.426. The van der Waals surface area contributed by atoms with Gasteiger partial charge in [0.25, 0.3) is 0 Å². The Morgan fingerprint density at radius 2 is 1.58 bits per heavy atom. The van der Waals surface area contributed by atoms with Crippen LogP contribution in [0.4, 0.5) is 0 Å². The summed E-state index contributed by atoms with van der Waals surface area (Å²) in [5.41, 5.74) is 3.85. The highest BCUT2D eigenvalue weighted by Crippen LogP contribution is 2.33. The Bertz CT molecular complexity index is 420. The van der Waals surface area contributed by atoms with Crippen LogP contribution in [-0.4, -0.2) is 23.1 Å². The van der Waals surface area contributed by atoms with Gasteiger partial charge in [-0.1, -0.05) is 19.3 Å². The largest absolute Gasteiger partial charge is 0.316 e. The first kappa shape index (κ1) is 13.0. The van der Waals surface area contributed by atoms with Crippen LogP contribution < -0.4 is 5.32 Å². The molecule has 0 amide bonds. The molecule has 3 heteroatoms. The summed E-state index contributed by atoms with van der Waals surface area (Å²) in [6, 6.07) is 0. The first-order valence-corrected chi connectivity index (χ1v) is 7.81. The van der Waals surface area contributed by atoms with Crippen LogP contribution in [0.3, 0.4) is 0 Å². The summed E-state index contributed by atoms with van der Waals surface area (Å²) in [5.74, 6) is 2.35. The van der Waals surface area contributed by atoms with E-state index < -0.39 is 0 Å². The van der Waals surface area contributed by atoms with Crippen molar-refractivity contribution in [1.82, 2.24) is 15.3 Å². The minimum Gasteiger partial charge on any atom is -0.316 e. The van der Waals surface area contributed by atoms with Gasteiger partial charge >= 0.3 is 0 Å². The smallest absolute Gasteiger partial charge is 0.131 e. The van der Waals surface area contributed by atoms with E-state index in [9.17, 15) is 0 Å². The monoisotopic (exact) mass is 259 g/mol. The lowest BCUT2D eigenvalue weighted by atomic mass is 9.88. The van der Waals surface area contributed by atoms with E-state index in [1.54, 1.807) is 0 Å². The molecule has 1 aromatic rings. The Morgan fingerprint density at radius 1 is 0.895 bits per heavy atom. The lowest BCUT2D eigenvalue weighted by Gasteiger charge is -2.23. The zero-order chi connectivity index (χ0) is 13.2. The van der Waals surface area contributed by atoms with E-state index in [1.165, 1.54) is 55.5 Å². The van der Waals surface area contributed by atoms with Gasteiger partial charge in [0.15, 0.2) is 0 Å². The fourth-order valence-electron chi connectivity index (χ4n) is 3.79. The molecule has 2 fully saturated rings. The second-order valence-electron chi connectivity index (χ2n) is 6.19. The summed E-state index contributed by atoms with van der Waals surface area (Å²) in [4.78, 5) is 9.73. The van der Waals surface area contributed by atoms with Crippen molar-refractivity contribution >= 4 is 0 Å². The average molecular weight is 259 g/mol. The molecule has 3 nitrogen and oxygen atoms in total. The molecule has 0 spiro atoms. The molecule has 2 heterocycles. The van der Waals surface area contributed by atoms with E-state index in [2.05, 4.69) is 19.2 Å². The van der Waals surface area contributed by atoms with E-state index in [1.807, 2.05) is 0 Å². The van der Waals surface area contributed by atoms with Gasteiger partial charge < -0.3 is 5.32 Å². The van der Waals surface area contributed by atoms with Gasteiger partial charge in [-0.2, -0.15) is 0 Å². The summed E-state index contributed by atoms with van der Waals surface area (Å²) in [6.45, 7) is 6.57. The molecule has 3 rings (SSSR count). The number of aryl methyl sites for hydroxylation is 2. The van der Waals surface area contributed by atoms with Gasteiger partial charge in [0, 0.05) is 29.8 Å². The fraction of sp³-hybridized carbons (Fsp3) is 0.750. The van der Waals surface area contributed by atoms with Crippen molar-refractivity contribution in [2.75, 3.05) is 13.1 Å². The molecule has 1 N–H and O–H groups in total. The van der Waals surface area contributed by atoms with Gasteiger partial charge in [0.05, 0.1) is 0 Å². The van der Waals surface area contributed by atoms with Crippen LogP contribution in [0.2, 0.25) is 0 Å². The van der Waals surface area contributed by atoms with Gasteiger partial charge in [-0.05, 0) is 45.2 Å². The van der Waals surface area contributed by atoms with E-state index in [0.717, 1.165) is 18.9 Å². The third-order valence-electron chi connectivity index (χ3n) is 4.78. The molecule has 1 aliphatic carbocycles. The van der Waals surface area contributed by atoms with Crippen molar-refractivity contribution in [3.8, 4) is 0 Å². The Kier molecular flexibility index (Phi) is 3.83. The highest BCUT2D eigenvalue weighted by molar-refractivity contribution is 5.30. The molecule has 0 bridgehead atoms. The maximum absolute atomic E-state index is 4.86. The van der Waals surface area contributed by atoms with Crippen molar-refractivity contribution in [2.24, 2.45) is 0 Å². The molecule has 1 saturated carbocycles. The Balaban J connectivity index is 1.88. The third kappa shape index (κ3) is 2.66. The van der Waals surface area contributed by atoms with E-state index in [-0.39, 0.29) is 0 Å². The van der Waals surface area contributed by atoms with Crippen LogP contribution in [0, 0.1) is 13.8 Å². The maximum atomic E-state index is 4.86. The maximum Gasteiger partial charge on any atom is 0.131 e. The first-order valence-electron chi connectivity index (χ1n) is 7.81. The van der Waals surface area contributed by atoms with Gasteiger partial charge in [-0.3, -0.25) is 0 Å². The number of rotatable bonds is 2. The summed E-state index contributed by atoms with van der Waals surface area (Å²) in [6.07, 6.45) is 7.88. The molecule has 1 aromatic heterocycles. The minimum absolute atomic E-state index is 0.613. The Morgan fingerprint density at radius 3 is 2.16 bits per heavy atom. The molecule has 19 heavy (non-hydrogen) atoms. The van der Waals surface area contributed by atoms with Crippen molar-refractivity contribution in [1.29, 1.82) is 0 Å². The van der Waals surface area contributed by atoms with Crippen LogP contribution in [0.5, 0.6) is 0 Å². The normalized spacial score (nSPS) is 24.8. The standard InChI is InChI=1S/C16H25N3/c1-11-15(14-8-9-17-10-14)12(2)19-16(18-11)13-6-4-3-5-7-13/h13-14,17H,3-10H2,1-2H3. The Hall–Kier alpha value is -0.960. The molecule has 1 saturated heterocycles. The van der Waals surface area contributed by atoms with Gasteiger partial charge in [-0.15, -0.1) is 0 Å². The zero-order valence-electron chi connectivity index (χ0n) is 12.2. The molecular formula is C16H25N3. The van der Waals surface area contributed by atoms with Crippen LogP contribution >= 0.6 is 0 Å². The molecule has 0 radical (unpaired) electrons. The zero-order valence-corrected chi connectivity index (χ0v) is 12.2. The van der Waals surface area contributed by atoms with Crippen molar-refractivity contribution in [3.63, 3.8) is 0 Å². The van der Waals surface area contributed by atoms with Gasteiger partial charge in [0.1, 0.15) is 5.82 Å². The average Bonchev–Trinajstić information content (AvgIpc) is 2.93. The second kappa shape index (κ2) is 5.58. The molecule has 1 unspecified atom stereocenters. The summed E-state index contributed by atoms with van der Waals surface area (Å²) in [7, 11) is 0. The number of hydrogen-bond acceptors (Lipinski definition) is 3. The Labute approximate surface area is 116 Å². The van der Waals surface area contributed by atoms with Crippen molar-refractivity contribution < 1.29 is 0 Å². The van der Waals surface area contributed by atoms with E-state index >= 15 is 0 Å². The second-order valence-corrected chi connectivity index (χ2v) is 6.19. The van der Waals surface area contributed by atoms with E-state index in [0.29, 0.717) is 11.8 Å². The number of nitrogens with zero attached hydrogens (tertiary/aromatic N) is 2. The summed E-state index contributed by atoms with van der Waals surface area (Å²) in [5, 5.41) is 3.45. The van der Waals surface area contributed by atoms with Crippen molar-refractivity contribution in [3.05, 3.63) is 22.8 Å². The number of nitrogens with one attached hydrogen (secondary N) is 1. The molecular weight excluding hydrogens is 234 g/mol. The minimum atomic E-state index is 0.613. The highest BCUT2D eigenvalue weighted by Gasteiger charge is 2.24. The third-order valence-corrected chi connectivity index (χ3v) is 4.78. The topological polar surface area (TPSA) is 37.8 Å². The predicted molar refractivity (Wildman–Crippen MR) is 77.6 cm³/mol. The van der Waals surface area contributed by atoms with Gasteiger partial charge in [0.2, 0.25) is 0 Å². The van der Waals surface area contributed by atoms with Gasteiger partial charge in [-0.25, -0.2) is 9.97 Å². The summed E-state index contributed by atoms with van der Waals surface area (Å²) < 4.78 is 0. The molecule has 2 aliphatic rings. The first-order chi connectivity index (χ1) is 9.25. The van der Waals surface area contributed by atoms with Crippen molar-refractivity contribution in [2.45, 2.75) is 64.2 Å². The summed E-state index contributed by atoms with van der Waals surface area (Å²) >= 11 is 0. The van der Waals surface area contributed by atoms with Crippen LogP contribution in [0.1, 0.15) is 73.1 Å². The van der Waals surface area contributed by atoms with E-state index in [4.69, 9.17) is 9.97 Å². The molecule has 1 atom stereocenters. The number of hydrogen-bond donors (Lipinski definition) is 1.